The van der Waals surface area contributed by atoms with Crippen LogP contribution in [0.3, 0.4) is 0 Å². The summed E-state index contributed by atoms with van der Waals surface area (Å²) in [6.07, 6.45) is 95.5. The zero-order valence-corrected chi connectivity index (χ0v) is 46.2. The molecule has 3 N–H and O–H groups in total. The average Bonchev–Trinajstić information content (AvgIpc) is 3.37. The van der Waals surface area contributed by atoms with E-state index in [-0.39, 0.29) is 12.5 Å². The number of hydrogen-bond acceptors (Lipinski definition) is 3. The predicted octanol–water partition coefficient (Wildman–Crippen LogP) is 20.0. The summed E-state index contributed by atoms with van der Waals surface area (Å²) in [5, 5.41) is 23.3. The van der Waals surface area contributed by atoms with Gasteiger partial charge in [-0.2, -0.15) is 0 Å². The lowest BCUT2D eigenvalue weighted by molar-refractivity contribution is -0.123. The molecule has 0 radical (unpaired) electrons. The van der Waals surface area contributed by atoms with Crippen molar-refractivity contribution in [3.8, 4) is 0 Å². The number of hydrogen-bond donors (Lipinski definition) is 3. The second-order valence-corrected chi connectivity index (χ2v) is 19.3. The van der Waals surface area contributed by atoms with E-state index in [1.165, 1.54) is 116 Å². The second-order valence-electron chi connectivity index (χ2n) is 19.3. The quantitative estimate of drug-likeness (QED) is 0.0420. The van der Waals surface area contributed by atoms with Crippen molar-refractivity contribution in [3.05, 3.63) is 146 Å². The van der Waals surface area contributed by atoms with Gasteiger partial charge in [-0.1, -0.05) is 288 Å². The van der Waals surface area contributed by atoms with E-state index in [4.69, 9.17) is 0 Å². The lowest BCUT2D eigenvalue weighted by Gasteiger charge is -2.22. The molecule has 4 nitrogen and oxygen atoms in total. The van der Waals surface area contributed by atoms with Crippen molar-refractivity contribution in [2.45, 2.75) is 264 Å². The number of unbranched alkanes of at least 4 members (excludes halogenated alkanes) is 21. The summed E-state index contributed by atoms with van der Waals surface area (Å²) in [5.41, 5.74) is 0. The molecule has 0 heterocycles. The van der Waals surface area contributed by atoms with Gasteiger partial charge in [-0.05, 0) is 103 Å². The van der Waals surface area contributed by atoms with Crippen molar-refractivity contribution in [1.29, 1.82) is 0 Å². The van der Waals surface area contributed by atoms with Gasteiger partial charge in [0, 0.05) is 6.42 Å². The van der Waals surface area contributed by atoms with E-state index in [1.54, 1.807) is 0 Å². The molecule has 1 amide bonds. The summed E-state index contributed by atoms with van der Waals surface area (Å²) in [5.74, 6) is -0.0776. The lowest BCUT2D eigenvalue weighted by Crippen LogP contribution is -2.45. The van der Waals surface area contributed by atoms with Gasteiger partial charge in [0.05, 0.1) is 18.8 Å². The fourth-order valence-electron chi connectivity index (χ4n) is 8.17. The van der Waals surface area contributed by atoms with Gasteiger partial charge in [0.1, 0.15) is 0 Å². The van der Waals surface area contributed by atoms with Gasteiger partial charge in [0.2, 0.25) is 5.91 Å². The van der Waals surface area contributed by atoms with Crippen LogP contribution in [0.25, 0.3) is 0 Å². The molecular weight excluding hydrogens is 867 g/mol. The lowest BCUT2D eigenvalue weighted by atomic mass is 10.0. The Morgan fingerprint density at radius 1 is 0.352 bits per heavy atom. The second kappa shape index (κ2) is 60.6. The molecule has 0 aromatic carbocycles. The van der Waals surface area contributed by atoms with Crippen molar-refractivity contribution < 1.29 is 15.0 Å². The highest BCUT2D eigenvalue weighted by atomic mass is 16.3. The highest BCUT2D eigenvalue weighted by Crippen LogP contribution is 2.16. The van der Waals surface area contributed by atoms with Crippen molar-refractivity contribution in [1.82, 2.24) is 5.32 Å². The molecule has 0 aliphatic carbocycles. The maximum Gasteiger partial charge on any atom is 0.220 e. The van der Waals surface area contributed by atoms with E-state index in [0.29, 0.717) is 12.8 Å². The fourth-order valence-corrected chi connectivity index (χ4v) is 8.17. The number of amides is 1. The van der Waals surface area contributed by atoms with Gasteiger partial charge < -0.3 is 15.5 Å². The molecule has 0 bridgehead atoms. The number of nitrogens with one attached hydrogen (secondary N) is 1. The Kier molecular flexibility index (Phi) is 57.4. The molecule has 71 heavy (non-hydrogen) atoms. The predicted molar refractivity (Wildman–Crippen MR) is 317 cm³/mol. The fraction of sp³-hybridized carbons (Fsp3) is 0.627. The molecule has 402 valence electrons. The Bertz CT molecular complexity index is 1480. The zero-order chi connectivity index (χ0) is 51.3. The Morgan fingerprint density at radius 2 is 0.620 bits per heavy atom. The van der Waals surface area contributed by atoms with E-state index >= 15 is 0 Å². The Morgan fingerprint density at radius 3 is 0.901 bits per heavy atom. The first kappa shape index (κ1) is 67.3. The van der Waals surface area contributed by atoms with E-state index in [9.17, 15) is 15.0 Å². The summed E-state index contributed by atoms with van der Waals surface area (Å²) >= 11 is 0. The van der Waals surface area contributed by atoms with Gasteiger partial charge in [-0.15, -0.1) is 0 Å². The number of carbonyl (C=O) groups is 1. The van der Waals surface area contributed by atoms with Crippen LogP contribution in [0.15, 0.2) is 146 Å². The van der Waals surface area contributed by atoms with Crippen LogP contribution in [-0.4, -0.2) is 34.9 Å². The topological polar surface area (TPSA) is 69.6 Å². The molecule has 2 unspecified atom stereocenters. The minimum absolute atomic E-state index is 0.0776. The van der Waals surface area contributed by atoms with Crippen LogP contribution in [0.2, 0.25) is 0 Å². The van der Waals surface area contributed by atoms with Crippen molar-refractivity contribution >= 4 is 5.91 Å². The molecule has 0 aromatic heterocycles. The number of allylic oxidation sites excluding steroid dienone is 24. The van der Waals surface area contributed by atoms with Gasteiger partial charge in [0.15, 0.2) is 0 Å². The molecule has 0 spiro atoms. The van der Waals surface area contributed by atoms with Gasteiger partial charge in [-0.3, -0.25) is 4.79 Å². The monoisotopic (exact) mass is 978 g/mol. The highest BCUT2D eigenvalue weighted by molar-refractivity contribution is 5.76. The summed E-state index contributed by atoms with van der Waals surface area (Å²) in [4.78, 5) is 12.5. The van der Waals surface area contributed by atoms with Crippen LogP contribution in [0.5, 0.6) is 0 Å². The van der Waals surface area contributed by atoms with E-state index < -0.39 is 12.1 Å². The van der Waals surface area contributed by atoms with Gasteiger partial charge in [-0.25, -0.2) is 0 Å². The Labute approximate surface area is 440 Å². The van der Waals surface area contributed by atoms with Crippen LogP contribution in [0.1, 0.15) is 251 Å². The zero-order valence-electron chi connectivity index (χ0n) is 46.2. The third-order valence-electron chi connectivity index (χ3n) is 12.6. The summed E-state index contributed by atoms with van der Waals surface area (Å²) < 4.78 is 0. The smallest absolute Gasteiger partial charge is 0.220 e. The van der Waals surface area contributed by atoms with Crippen LogP contribution in [0.4, 0.5) is 0 Å². The number of rotatable bonds is 52. The van der Waals surface area contributed by atoms with E-state index in [1.807, 2.05) is 0 Å². The molecule has 0 aliphatic heterocycles. The average molecular weight is 979 g/mol. The third kappa shape index (κ3) is 57.0. The minimum Gasteiger partial charge on any atom is -0.394 e. The van der Waals surface area contributed by atoms with E-state index in [2.05, 4.69) is 165 Å². The minimum atomic E-state index is -0.689. The van der Waals surface area contributed by atoms with Crippen LogP contribution >= 0.6 is 0 Å². The van der Waals surface area contributed by atoms with Crippen molar-refractivity contribution in [3.63, 3.8) is 0 Å². The first-order valence-corrected chi connectivity index (χ1v) is 29.5. The van der Waals surface area contributed by atoms with E-state index in [0.717, 1.165) is 109 Å². The van der Waals surface area contributed by atoms with Crippen molar-refractivity contribution in [2.24, 2.45) is 0 Å². The highest BCUT2D eigenvalue weighted by Gasteiger charge is 2.20. The standard InChI is InChI=1S/C67H111NO3/c1-3-5-7-9-11-13-15-17-19-21-23-25-26-27-28-29-30-31-32-33-34-35-36-37-38-39-40-41-42-43-45-47-49-51-53-55-57-59-61-63-67(71)68-65(64-69)66(70)62-60-58-56-54-52-50-48-46-44-24-22-20-18-16-14-12-10-8-6-4-2/h5,7,11,13,17,19,23,25,27-28,30-31,33-34,36-37,39-40,42-43,47,49,53,55,65-66,69-70H,3-4,6,8-10,12,14-16,18,20-22,24,26,29,32,35,38,41,44-46,48,50-52,54,56-64H2,1-2H3,(H,68,71)/b7-5-,13-11-,19-17-,25-23-,28-27-,31-30-,34-33-,37-36-,40-39-,43-42-,49-47-,55-53-. The van der Waals surface area contributed by atoms with Crippen molar-refractivity contribution in [2.75, 3.05) is 6.61 Å². The first-order chi connectivity index (χ1) is 35.2. The summed E-state index contributed by atoms with van der Waals surface area (Å²) in [6.45, 7) is 4.23. The molecule has 0 fully saturated rings. The Balaban J connectivity index is 3.69. The van der Waals surface area contributed by atoms with Crippen LogP contribution < -0.4 is 5.32 Å². The summed E-state index contributed by atoms with van der Waals surface area (Å²) in [6, 6.07) is -0.571. The molecule has 2 atom stereocenters. The number of aliphatic hydroxyl groups is 2. The SMILES string of the molecule is CC/C=C\C/C=C\C/C=C\C/C=C\C/C=C\C/C=C\C/C=C\C/C=C\C/C=C\C/C=C\C/C=C\C/C=C\CCCCC(=O)NC(CO)C(O)CCCCCCCCCCCCCCCCCCCCCC. The molecule has 0 rings (SSSR count). The summed E-state index contributed by atoms with van der Waals surface area (Å²) in [7, 11) is 0. The van der Waals surface area contributed by atoms with Crippen LogP contribution in [-0.2, 0) is 4.79 Å². The number of carbonyl (C=O) groups excluding carboxylic acids is 1. The normalized spacial score (nSPS) is 13.9. The molecular formula is C67H111NO3. The largest absolute Gasteiger partial charge is 0.394 e. The first-order valence-electron chi connectivity index (χ1n) is 29.5. The Hall–Kier alpha value is -3.73. The van der Waals surface area contributed by atoms with Gasteiger partial charge >= 0.3 is 0 Å². The molecule has 0 saturated heterocycles. The molecule has 0 saturated carbocycles. The maximum atomic E-state index is 12.5. The molecule has 0 aromatic rings. The number of aliphatic hydroxyl groups excluding tert-OH is 2. The van der Waals surface area contributed by atoms with Crippen LogP contribution in [0, 0.1) is 0 Å². The third-order valence-corrected chi connectivity index (χ3v) is 12.6. The van der Waals surface area contributed by atoms with Gasteiger partial charge in [0.25, 0.3) is 0 Å². The molecule has 0 aliphatic rings. The molecule has 4 heteroatoms. The maximum absolute atomic E-state index is 12.5.